The van der Waals surface area contributed by atoms with Gasteiger partial charge in [0.2, 0.25) is 0 Å². The molecule has 0 aromatic heterocycles. The normalized spacial score (nSPS) is 24.8. The molecule has 1 rings (SSSR count). The van der Waals surface area contributed by atoms with Crippen LogP contribution in [-0.4, -0.2) is 32.1 Å². The number of carbonyl (C=O) groups excluding carboxylic acids is 1. The van der Waals surface area contributed by atoms with Crippen LogP contribution in [0.1, 0.15) is 27.7 Å². The lowest BCUT2D eigenvalue weighted by atomic mass is 9.51. The van der Waals surface area contributed by atoms with Crippen LogP contribution in [0.4, 0.5) is 0 Å². The highest BCUT2D eigenvalue weighted by molar-refractivity contribution is 5.97. The van der Waals surface area contributed by atoms with Gasteiger partial charge < -0.3 is 10.1 Å². The highest BCUT2D eigenvalue weighted by Gasteiger charge is 2.60. The topological polar surface area (TPSA) is 38.3 Å². The first-order chi connectivity index (χ1) is 6.35. The fraction of sp³-hybridized carbons (Fsp3) is 0.909. The average Bonchev–Trinajstić information content (AvgIpc) is 2.10. The second-order valence-corrected chi connectivity index (χ2v) is 5.15. The third-order valence-corrected chi connectivity index (χ3v) is 3.27. The monoisotopic (exact) mass is 199 g/mol. The van der Waals surface area contributed by atoms with E-state index < -0.39 is 0 Å². The summed E-state index contributed by atoms with van der Waals surface area (Å²) >= 11 is 0. The highest BCUT2D eigenvalue weighted by Crippen LogP contribution is 2.49. The summed E-state index contributed by atoms with van der Waals surface area (Å²) in [4.78, 5) is 11.8. The van der Waals surface area contributed by atoms with Crippen molar-refractivity contribution in [1.82, 2.24) is 5.32 Å². The summed E-state index contributed by atoms with van der Waals surface area (Å²) < 4.78 is 4.98. The number of Topliss-reactive ketones (excluding diaryl/α,β-unsaturated/α-hetero) is 1. The van der Waals surface area contributed by atoms with Gasteiger partial charge in [0.05, 0.1) is 6.61 Å². The Hall–Kier alpha value is -0.410. The molecule has 1 saturated carbocycles. The Balaban J connectivity index is 2.55. The second kappa shape index (κ2) is 3.63. The van der Waals surface area contributed by atoms with Crippen molar-refractivity contribution in [2.45, 2.75) is 33.7 Å². The number of rotatable bonds is 4. The maximum absolute atomic E-state index is 11.8. The fourth-order valence-corrected chi connectivity index (χ4v) is 2.73. The molecule has 0 bridgehead atoms. The maximum Gasteiger partial charge on any atom is 0.147 e. The van der Waals surface area contributed by atoms with Crippen LogP contribution in [-0.2, 0) is 9.53 Å². The zero-order valence-electron chi connectivity index (χ0n) is 9.81. The number of carbonyl (C=O) groups is 1. The summed E-state index contributed by atoms with van der Waals surface area (Å²) in [6.45, 7) is 9.52. The zero-order chi connectivity index (χ0) is 11.0. The smallest absolute Gasteiger partial charge is 0.147 e. The van der Waals surface area contributed by atoms with Gasteiger partial charge in [-0.3, -0.25) is 4.79 Å². The summed E-state index contributed by atoms with van der Waals surface area (Å²) in [7, 11) is 1.68. The minimum absolute atomic E-state index is 0.225. The zero-order valence-corrected chi connectivity index (χ0v) is 9.81. The van der Waals surface area contributed by atoms with Crippen molar-refractivity contribution in [2.75, 3.05) is 20.3 Å². The minimum Gasteiger partial charge on any atom is -0.383 e. The lowest BCUT2D eigenvalue weighted by Crippen LogP contribution is -2.70. The van der Waals surface area contributed by atoms with Gasteiger partial charge in [0, 0.05) is 30.5 Å². The van der Waals surface area contributed by atoms with Crippen molar-refractivity contribution in [3.05, 3.63) is 0 Å². The largest absolute Gasteiger partial charge is 0.383 e. The Labute approximate surface area is 86.2 Å². The Bertz CT molecular complexity index is 215. The molecule has 82 valence electrons. The van der Waals surface area contributed by atoms with Crippen LogP contribution in [0.5, 0.6) is 0 Å². The standard InChI is InChI=1S/C11H21NO2/c1-10(2)8(12-6-7-14-5)11(3,4)9(10)13/h8,12H,6-7H2,1-5H3. The fourth-order valence-electron chi connectivity index (χ4n) is 2.73. The molecular formula is C11H21NO2. The number of nitrogens with one attached hydrogen (secondary N) is 1. The molecule has 1 aliphatic carbocycles. The van der Waals surface area contributed by atoms with E-state index in [0.717, 1.165) is 6.54 Å². The van der Waals surface area contributed by atoms with Crippen LogP contribution in [0.15, 0.2) is 0 Å². The predicted octanol–water partition coefficient (Wildman–Crippen LogP) is 1.23. The van der Waals surface area contributed by atoms with E-state index in [1.807, 2.05) is 27.7 Å². The molecule has 0 saturated heterocycles. The first kappa shape index (κ1) is 11.7. The maximum atomic E-state index is 11.8. The number of methoxy groups -OCH3 is 1. The third kappa shape index (κ3) is 1.59. The van der Waals surface area contributed by atoms with E-state index in [2.05, 4.69) is 5.32 Å². The molecule has 0 aliphatic heterocycles. The number of hydrogen-bond acceptors (Lipinski definition) is 3. The van der Waals surface area contributed by atoms with Crippen LogP contribution in [0.25, 0.3) is 0 Å². The van der Waals surface area contributed by atoms with Crippen LogP contribution < -0.4 is 5.32 Å². The van der Waals surface area contributed by atoms with E-state index >= 15 is 0 Å². The summed E-state index contributed by atoms with van der Waals surface area (Å²) in [5.41, 5.74) is -0.450. The van der Waals surface area contributed by atoms with Crippen molar-refractivity contribution in [2.24, 2.45) is 10.8 Å². The summed E-state index contributed by atoms with van der Waals surface area (Å²) in [6, 6.07) is 0.262. The predicted molar refractivity (Wildman–Crippen MR) is 56.2 cm³/mol. The van der Waals surface area contributed by atoms with Crippen molar-refractivity contribution in [1.29, 1.82) is 0 Å². The molecule has 1 aliphatic rings. The van der Waals surface area contributed by atoms with Gasteiger partial charge >= 0.3 is 0 Å². The Kier molecular flexibility index (Phi) is 3.02. The Morgan fingerprint density at radius 3 is 2.21 bits per heavy atom. The molecule has 0 spiro atoms. The van der Waals surface area contributed by atoms with Gasteiger partial charge in [0.15, 0.2) is 0 Å². The highest BCUT2D eigenvalue weighted by atomic mass is 16.5. The quantitative estimate of drug-likeness (QED) is 0.692. The second-order valence-electron chi connectivity index (χ2n) is 5.15. The first-order valence-electron chi connectivity index (χ1n) is 5.12. The number of hydrogen-bond donors (Lipinski definition) is 1. The number of ether oxygens (including phenoxy) is 1. The molecule has 0 radical (unpaired) electrons. The van der Waals surface area contributed by atoms with Gasteiger partial charge in [0.25, 0.3) is 0 Å². The van der Waals surface area contributed by atoms with Gasteiger partial charge in [0.1, 0.15) is 5.78 Å². The molecule has 0 aromatic rings. The molecule has 3 nitrogen and oxygen atoms in total. The number of ketones is 1. The lowest BCUT2D eigenvalue weighted by molar-refractivity contribution is -0.158. The minimum atomic E-state index is -0.225. The van der Waals surface area contributed by atoms with Crippen molar-refractivity contribution in [3.8, 4) is 0 Å². The van der Waals surface area contributed by atoms with Crippen LogP contribution >= 0.6 is 0 Å². The molecular weight excluding hydrogens is 178 g/mol. The molecule has 0 unspecified atom stereocenters. The summed E-state index contributed by atoms with van der Waals surface area (Å²) in [5, 5.41) is 3.39. The van der Waals surface area contributed by atoms with E-state index in [9.17, 15) is 4.79 Å². The van der Waals surface area contributed by atoms with Gasteiger partial charge in [-0.15, -0.1) is 0 Å². The molecule has 0 heterocycles. The molecule has 1 fully saturated rings. The van der Waals surface area contributed by atoms with Crippen LogP contribution in [0.2, 0.25) is 0 Å². The molecule has 0 aromatic carbocycles. The Morgan fingerprint density at radius 2 is 1.79 bits per heavy atom. The van der Waals surface area contributed by atoms with E-state index in [-0.39, 0.29) is 16.9 Å². The van der Waals surface area contributed by atoms with E-state index in [1.54, 1.807) is 7.11 Å². The summed E-state index contributed by atoms with van der Waals surface area (Å²) in [5.74, 6) is 0.347. The van der Waals surface area contributed by atoms with Gasteiger partial charge in [-0.2, -0.15) is 0 Å². The molecule has 14 heavy (non-hydrogen) atoms. The average molecular weight is 199 g/mol. The first-order valence-corrected chi connectivity index (χ1v) is 5.12. The van der Waals surface area contributed by atoms with E-state index in [0.29, 0.717) is 12.4 Å². The van der Waals surface area contributed by atoms with Crippen molar-refractivity contribution < 1.29 is 9.53 Å². The molecule has 1 N–H and O–H groups in total. The molecule has 3 heteroatoms. The van der Waals surface area contributed by atoms with E-state index in [1.165, 1.54) is 0 Å². The third-order valence-electron chi connectivity index (χ3n) is 3.27. The van der Waals surface area contributed by atoms with Gasteiger partial charge in [-0.25, -0.2) is 0 Å². The van der Waals surface area contributed by atoms with Gasteiger partial charge in [-0.1, -0.05) is 27.7 Å². The van der Waals surface area contributed by atoms with Gasteiger partial charge in [-0.05, 0) is 0 Å². The van der Waals surface area contributed by atoms with Crippen molar-refractivity contribution >= 4 is 5.78 Å². The molecule has 0 amide bonds. The molecule has 0 atom stereocenters. The Morgan fingerprint density at radius 1 is 1.29 bits per heavy atom. The lowest BCUT2D eigenvalue weighted by Gasteiger charge is -2.55. The SMILES string of the molecule is COCCNC1C(C)(C)C(=O)C1(C)C. The summed E-state index contributed by atoms with van der Waals surface area (Å²) in [6.07, 6.45) is 0. The van der Waals surface area contributed by atoms with Crippen LogP contribution in [0.3, 0.4) is 0 Å². The van der Waals surface area contributed by atoms with E-state index in [4.69, 9.17) is 4.74 Å². The van der Waals surface area contributed by atoms with Crippen molar-refractivity contribution in [3.63, 3.8) is 0 Å². The van der Waals surface area contributed by atoms with Crippen LogP contribution in [0, 0.1) is 10.8 Å².